The van der Waals surface area contributed by atoms with Crippen LogP contribution in [-0.2, 0) is 0 Å². The molecule has 1 fully saturated rings. The molecule has 0 bridgehead atoms. The lowest BCUT2D eigenvalue weighted by Gasteiger charge is -2.23. The van der Waals surface area contributed by atoms with E-state index in [1.54, 1.807) is 18.2 Å². The fourth-order valence-corrected chi connectivity index (χ4v) is 3.13. The Labute approximate surface area is 128 Å². The first-order valence-corrected chi connectivity index (χ1v) is 7.79. The average Bonchev–Trinajstić information content (AvgIpc) is 2.62. The molecule has 0 saturated heterocycles. The minimum absolute atomic E-state index is 0.126. The summed E-state index contributed by atoms with van der Waals surface area (Å²) in [5.74, 6) is 1.30. The Bertz CT molecular complexity index is 526. The molecule has 4 heteroatoms. The van der Waals surface area contributed by atoms with Crippen molar-refractivity contribution in [3.05, 3.63) is 41.4 Å². The van der Waals surface area contributed by atoms with Crippen LogP contribution in [0.25, 0.3) is 0 Å². The number of allylic oxidation sites excluding steroid dienone is 1. The highest BCUT2D eigenvalue weighted by Crippen LogP contribution is 2.33. The summed E-state index contributed by atoms with van der Waals surface area (Å²) in [4.78, 5) is 0. The molecule has 1 aromatic rings. The van der Waals surface area contributed by atoms with Crippen molar-refractivity contribution in [1.82, 2.24) is 0 Å². The van der Waals surface area contributed by atoms with Gasteiger partial charge in [0.05, 0.1) is 16.7 Å². The molecule has 3 radical (unpaired) electrons. The molecule has 1 aliphatic rings. The van der Waals surface area contributed by atoms with Crippen molar-refractivity contribution in [2.45, 2.75) is 37.3 Å². The summed E-state index contributed by atoms with van der Waals surface area (Å²) in [6.45, 7) is 3.89. The van der Waals surface area contributed by atoms with Gasteiger partial charge in [-0.2, -0.15) is 5.26 Å². The second kappa shape index (κ2) is 6.96. The molecule has 1 aromatic carbocycles. The van der Waals surface area contributed by atoms with Gasteiger partial charge in [-0.15, -0.1) is 6.58 Å². The van der Waals surface area contributed by atoms with Crippen molar-refractivity contribution in [1.29, 1.82) is 5.26 Å². The Morgan fingerprint density at radius 3 is 2.75 bits per heavy atom. The Balaban J connectivity index is 2.07. The lowest BCUT2D eigenvalue weighted by atomic mass is 10.0. The number of ether oxygens (including phenoxy) is 1. The summed E-state index contributed by atoms with van der Waals surface area (Å²) >= 11 is 6.03. The highest BCUT2D eigenvalue weighted by Gasteiger charge is 2.25. The van der Waals surface area contributed by atoms with Crippen LogP contribution < -0.4 is 4.74 Å². The van der Waals surface area contributed by atoms with E-state index >= 15 is 0 Å². The maximum Gasteiger partial charge on any atom is 0.121 e. The Kier molecular flexibility index (Phi) is 5.28. The van der Waals surface area contributed by atoms with Crippen LogP contribution in [0, 0.1) is 17.2 Å². The standard InChI is InChI=1S/C16H17ClNOSi/c1-2-11-3-7-15(16(20)8-4-11)19-13-6-5-12(10-18)14(17)9-13/h2,5-6,9,11,15-16H,1,3-4,7-8H2/t11-,15-,16?/m0/s1. The average molecular weight is 303 g/mol. The zero-order valence-corrected chi connectivity index (χ0v) is 13.1. The minimum atomic E-state index is 0.126. The van der Waals surface area contributed by atoms with Crippen LogP contribution in [0.1, 0.15) is 31.2 Å². The molecular formula is C16H17ClNOSi. The van der Waals surface area contributed by atoms with E-state index in [1.807, 2.05) is 6.08 Å². The zero-order chi connectivity index (χ0) is 14.5. The monoisotopic (exact) mass is 302 g/mol. The van der Waals surface area contributed by atoms with E-state index in [9.17, 15) is 0 Å². The summed E-state index contributed by atoms with van der Waals surface area (Å²) < 4.78 is 6.04. The van der Waals surface area contributed by atoms with E-state index in [1.165, 1.54) is 0 Å². The van der Waals surface area contributed by atoms with Crippen molar-refractivity contribution in [3.8, 4) is 11.8 Å². The molecule has 0 N–H and O–H groups in total. The molecule has 20 heavy (non-hydrogen) atoms. The van der Waals surface area contributed by atoms with Gasteiger partial charge in [0, 0.05) is 16.3 Å². The number of hydrogen-bond acceptors (Lipinski definition) is 2. The third-order valence-electron chi connectivity index (χ3n) is 3.80. The van der Waals surface area contributed by atoms with Gasteiger partial charge in [0.2, 0.25) is 0 Å². The third kappa shape index (κ3) is 3.65. The number of halogens is 1. The molecule has 3 atom stereocenters. The maximum atomic E-state index is 8.87. The van der Waals surface area contributed by atoms with Gasteiger partial charge in [-0.25, -0.2) is 0 Å². The second-order valence-corrected chi connectivity index (χ2v) is 6.32. The number of nitriles is 1. The van der Waals surface area contributed by atoms with Crippen LogP contribution in [0.3, 0.4) is 0 Å². The second-order valence-electron chi connectivity index (χ2n) is 5.17. The SMILES string of the molecule is C=C[C@@H]1CCC([Si])[C@@H](Oc2ccc(C#N)c(Cl)c2)CC1. The van der Waals surface area contributed by atoms with E-state index in [2.05, 4.69) is 22.9 Å². The Hall–Kier alpha value is -1.24. The molecule has 0 aliphatic heterocycles. The molecule has 2 rings (SSSR count). The van der Waals surface area contributed by atoms with Crippen molar-refractivity contribution in [2.75, 3.05) is 0 Å². The van der Waals surface area contributed by atoms with Crippen LogP contribution >= 0.6 is 11.6 Å². The van der Waals surface area contributed by atoms with E-state index in [0.29, 0.717) is 22.0 Å². The quantitative estimate of drug-likeness (QED) is 0.474. The zero-order valence-electron chi connectivity index (χ0n) is 11.3. The highest BCUT2D eigenvalue weighted by atomic mass is 35.5. The summed E-state index contributed by atoms with van der Waals surface area (Å²) in [6.07, 6.45) is 6.47. The number of benzene rings is 1. The molecule has 1 unspecified atom stereocenters. The summed E-state index contributed by atoms with van der Waals surface area (Å²) in [5.41, 5.74) is 0.802. The van der Waals surface area contributed by atoms with Gasteiger partial charge in [-0.05, 0) is 49.3 Å². The first kappa shape index (κ1) is 15.2. The van der Waals surface area contributed by atoms with Crippen LogP contribution in [-0.4, -0.2) is 16.3 Å². The van der Waals surface area contributed by atoms with Gasteiger partial charge in [0.25, 0.3) is 0 Å². The van der Waals surface area contributed by atoms with E-state index < -0.39 is 0 Å². The molecule has 1 aliphatic carbocycles. The van der Waals surface area contributed by atoms with Gasteiger partial charge in [0.1, 0.15) is 11.8 Å². The Morgan fingerprint density at radius 2 is 2.10 bits per heavy atom. The summed E-state index contributed by atoms with van der Waals surface area (Å²) in [7, 11) is 3.78. The lowest BCUT2D eigenvalue weighted by Crippen LogP contribution is -2.22. The normalized spacial score (nSPS) is 26.4. The number of hydrogen-bond donors (Lipinski definition) is 0. The first-order valence-electron chi connectivity index (χ1n) is 6.84. The highest BCUT2D eigenvalue weighted by molar-refractivity contribution is 6.31. The molecular weight excluding hydrogens is 286 g/mol. The first-order chi connectivity index (χ1) is 9.63. The summed E-state index contributed by atoms with van der Waals surface area (Å²) in [6, 6.07) is 7.27. The molecule has 0 aromatic heterocycles. The van der Waals surface area contributed by atoms with Crippen molar-refractivity contribution < 1.29 is 4.74 Å². The van der Waals surface area contributed by atoms with Crippen LogP contribution in [0.5, 0.6) is 5.75 Å². The van der Waals surface area contributed by atoms with Gasteiger partial charge < -0.3 is 4.74 Å². The van der Waals surface area contributed by atoms with Gasteiger partial charge in [-0.3, -0.25) is 0 Å². The van der Waals surface area contributed by atoms with Crippen molar-refractivity contribution >= 4 is 21.8 Å². The van der Waals surface area contributed by atoms with E-state index in [0.717, 1.165) is 31.4 Å². The van der Waals surface area contributed by atoms with Crippen LogP contribution in [0.4, 0.5) is 0 Å². The summed E-state index contributed by atoms with van der Waals surface area (Å²) in [5, 5.41) is 9.31. The van der Waals surface area contributed by atoms with E-state index in [4.69, 9.17) is 21.6 Å². The molecule has 0 heterocycles. The predicted octanol–water partition coefficient (Wildman–Crippen LogP) is 4.29. The third-order valence-corrected chi connectivity index (χ3v) is 4.77. The number of nitrogens with zero attached hydrogens (tertiary/aromatic N) is 1. The molecule has 2 nitrogen and oxygen atoms in total. The van der Waals surface area contributed by atoms with Crippen LogP contribution in [0.2, 0.25) is 10.6 Å². The van der Waals surface area contributed by atoms with Crippen molar-refractivity contribution in [3.63, 3.8) is 0 Å². The molecule has 0 amide bonds. The van der Waals surface area contributed by atoms with Gasteiger partial charge >= 0.3 is 0 Å². The van der Waals surface area contributed by atoms with E-state index in [-0.39, 0.29) is 6.10 Å². The molecule has 103 valence electrons. The Morgan fingerprint density at radius 1 is 1.35 bits per heavy atom. The number of rotatable bonds is 3. The van der Waals surface area contributed by atoms with Crippen LogP contribution in [0.15, 0.2) is 30.9 Å². The largest absolute Gasteiger partial charge is 0.490 e. The maximum absolute atomic E-state index is 8.87. The molecule has 1 saturated carbocycles. The topological polar surface area (TPSA) is 33.0 Å². The van der Waals surface area contributed by atoms with Gasteiger partial charge in [-0.1, -0.05) is 17.7 Å². The lowest BCUT2D eigenvalue weighted by molar-refractivity contribution is 0.183. The van der Waals surface area contributed by atoms with Crippen molar-refractivity contribution in [2.24, 2.45) is 5.92 Å². The molecule has 0 spiro atoms. The van der Waals surface area contributed by atoms with Gasteiger partial charge in [0.15, 0.2) is 0 Å². The minimum Gasteiger partial charge on any atom is -0.490 e. The predicted molar refractivity (Wildman–Crippen MR) is 82.2 cm³/mol. The smallest absolute Gasteiger partial charge is 0.121 e. The fraction of sp³-hybridized carbons (Fsp3) is 0.438. The fourth-order valence-electron chi connectivity index (χ4n) is 2.51.